The predicted octanol–water partition coefficient (Wildman–Crippen LogP) is 0.374. The summed E-state index contributed by atoms with van der Waals surface area (Å²) in [7, 11) is 0. The molecule has 0 radical (unpaired) electrons. The largest absolute Gasteiger partial charge is 0.481 e. The molecule has 2 rings (SSSR count). The van der Waals surface area contributed by atoms with Crippen LogP contribution >= 0.6 is 0 Å². The number of carboxylic acid groups (broad SMARTS) is 1. The summed E-state index contributed by atoms with van der Waals surface area (Å²) in [5.74, 6) is -0.434. The van der Waals surface area contributed by atoms with Crippen LogP contribution in [-0.4, -0.2) is 22.8 Å². The van der Waals surface area contributed by atoms with Crippen LogP contribution in [0.5, 0.6) is 0 Å². The van der Waals surface area contributed by atoms with Crippen LogP contribution in [0, 0.1) is 0 Å². The molecule has 70 valence electrons. The molecule has 5 nitrogen and oxygen atoms in total. The van der Waals surface area contributed by atoms with Gasteiger partial charge in [-0.05, 0) is 0 Å². The van der Waals surface area contributed by atoms with Crippen LogP contribution in [0.25, 0.3) is 0 Å². The van der Waals surface area contributed by atoms with E-state index in [-0.39, 0.29) is 6.42 Å². The van der Waals surface area contributed by atoms with Crippen molar-refractivity contribution in [1.29, 1.82) is 0 Å². The smallest absolute Gasteiger partial charge is 0.311 e. The first-order valence-electron chi connectivity index (χ1n) is 4.03. The summed E-state index contributed by atoms with van der Waals surface area (Å²) in [5.41, 5.74) is 1.65. The monoisotopic (exact) mass is 183 g/mol. The molecule has 1 N–H and O–H groups in total. The van der Waals surface area contributed by atoms with Crippen LogP contribution in [-0.2, 0) is 29.0 Å². The number of hydrogen-bond acceptors (Lipinski definition) is 4. The average Bonchev–Trinajstić information content (AvgIpc) is 2.48. The van der Waals surface area contributed by atoms with Crippen molar-refractivity contribution in [3.8, 4) is 0 Å². The number of aliphatic carboxylic acids is 1. The molecule has 13 heavy (non-hydrogen) atoms. The molecule has 0 bridgehead atoms. The van der Waals surface area contributed by atoms with E-state index >= 15 is 0 Å². The minimum Gasteiger partial charge on any atom is -0.481 e. The molecule has 1 aliphatic rings. The van der Waals surface area contributed by atoms with E-state index < -0.39 is 5.97 Å². The summed E-state index contributed by atoms with van der Waals surface area (Å²) in [4.78, 5) is 10.4. The molecule has 0 unspecified atom stereocenters. The average molecular weight is 183 g/mol. The lowest BCUT2D eigenvalue weighted by molar-refractivity contribution is -0.136. The van der Waals surface area contributed by atoms with Crippen LogP contribution < -0.4 is 0 Å². The zero-order valence-corrected chi connectivity index (χ0v) is 6.95. The second kappa shape index (κ2) is 3.18. The van der Waals surface area contributed by atoms with E-state index in [0.29, 0.717) is 25.4 Å². The molecule has 2 heterocycles. The van der Waals surface area contributed by atoms with Gasteiger partial charge in [-0.3, -0.25) is 4.79 Å². The molecule has 1 aliphatic heterocycles. The van der Waals surface area contributed by atoms with E-state index in [2.05, 4.69) is 5.16 Å². The molecule has 0 spiro atoms. The highest BCUT2D eigenvalue weighted by molar-refractivity contribution is 5.69. The van der Waals surface area contributed by atoms with Gasteiger partial charge in [-0.2, -0.15) is 0 Å². The molecule has 5 heteroatoms. The molecular formula is C8H9NO4. The molecule has 0 aromatic carbocycles. The standard InChI is InChI=1S/C8H9NO4/c10-8(11)3-7-5-1-2-12-4-6(5)9-13-7/h1-4H2,(H,10,11). The molecule has 1 aromatic heterocycles. The van der Waals surface area contributed by atoms with Crippen molar-refractivity contribution < 1.29 is 19.2 Å². The van der Waals surface area contributed by atoms with E-state index in [1.54, 1.807) is 0 Å². The maximum atomic E-state index is 10.4. The third kappa shape index (κ3) is 1.55. The van der Waals surface area contributed by atoms with Gasteiger partial charge in [0.25, 0.3) is 0 Å². The second-order valence-electron chi connectivity index (χ2n) is 2.90. The zero-order valence-electron chi connectivity index (χ0n) is 6.95. The molecule has 0 atom stereocenters. The van der Waals surface area contributed by atoms with E-state index in [0.717, 1.165) is 11.3 Å². The molecule has 0 fully saturated rings. The summed E-state index contributed by atoms with van der Waals surface area (Å²) in [6.45, 7) is 1.04. The van der Waals surface area contributed by atoms with Gasteiger partial charge in [-0.1, -0.05) is 5.16 Å². The Bertz CT molecular complexity index is 331. The lowest BCUT2D eigenvalue weighted by Gasteiger charge is -2.09. The first-order chi connectivity index (χ1) is 6.27. The molecule has 1 aromatic rings. The van der Waals surface area contributed by atoms with Crippen molar-refractivity contribution in [3.05, 3.63) is 17.0 Å². The molecule has 0 saturated carbocycles. The SMILES string of the molecule is O=C(O)Cc1onc2c1CCOC2. The van der Waals surface area contributed by atoms with Crippen LogP contribution in [0.15, 0.2) is 4.52 Å². The Kier molecular flexibility index (Phi) is 2.02. The summed E-state index contributed by atoms with van der Waals surface area (Å²) < 4.78 is 10.1. The summed E-state index contributed by atoms with van der Waals surface area (Å²) in [5, 5.41) is 12.3. The van der Waals surface area contributed by atoms with E-state index in [1.165, 1.54) is 0 Å². The number of carboxylic acids is 1. The van der Waals surface area contributed by atoms with Crippen molar-refractivity contribution in [2.75, 3.05) is 6.61 Å². The Morgan fingerprint density at radius 1 is 1.62 bits per heavy atom. The third-order valence-corrected chi connectivity index (χ3v) is 2.00. The fourth-order valence-corrected chi connectivity index (χ4v) is 1.40. The maximum absolute atomic E-state index is 10.4. The van der Waals surface area contributed by atoms with Gasteiger partial charge in [0, 0.05) is 12.0 Å². The highest BCUT2D eigenvalue weighted by Gasteiger charge is 2.20. The van der Waals surface area contributed by atoms with Gasteiger partial charge < -0.3 is 14.4 Å². The number of fused-ring (bicyclic) bond motifs is 1. The third-order valence-electron chi connectivity index (χ3n) is 2.00. The Labute approximate surface area is 74.3 Å². The quantitative estimate of drug-likeness (QED) is 0.717. The van der Waals surface area contributed by atoms with Crippen molar-refractivity contribution >= 4 is 5.97 Å². The topological polar surface area (TPSA) is 72.6 Å². The van der Waals surface area contributed by atoms with Crippen molar-refractivity contribution in [3.63, 3.8) is 0 Å². The normalized spacial score (nSPS) is 15.4. The van der Waals surface area contributed by atoms with Gasteiger partial charge in [0.05, 0.1) is 13.2 Å². The van der Waals surface area contributed by atoms with Crippen molar-refractivity contribution in [1.82, 2.24) is 5.16 Å². The van der Waals surface area contributed by atoms with Gasteiger partial charge in [-0.15, -0.1) is 0 Å². The first kappa shape index (κ1) is 8.25. The molecular weight excluding hydrogens is 174 g/mol. The lowest BCUT2D eigenvalue weighted by atomic mass is 10.1. The highest BCUT2D eigenvalue weighted by atomic mass is 16.5. The number of rotatable bonds is 2. The van der Waals surface area contributed by atoms with Gasteiger partial charge in [-0.25, -0.2) is 0 Å². The van der Waals surface area contributed by atoms with Crippen LogP contribution in [0.4, 0.5) is 0 Å². The Morgan fingerprint density at radius 2 is 2.46 bits per heavy atom. The number of carbonyl (C=O) groups is 1. The number of nitrogens with zero attached hydrogens (tertiary/aromatic N) is 1. The predicted molar refractivity (Wildman–Crippen MR) is 41.2 cm³/mol. The van der Waals surface area contributed by atoms with E-state index in [4.69, 9.17) is 14.4 Å². The first-order valence-corrected chi connectivity index (χ1v) is 4.03. The van der Waals surface area contributed by atoms with E-state index in [1.807, 2.05) is 0 Å². The van der Waals surface area contributed by atoms with Crippen molar-refractivity contribution in [2.24, 2.45) is 0 Å². The van der Waals surface area contributed by atoms with Crippen molar-refractivity contribution in [2.45, 2.75) is 19.4 Å². The minimum absolute atomic E-state index is 0.0949. The van der Waals surface area contributed by atoms with Crippen LogP contribution in [0.2, 0.25) is 0 Å². The highest BCUT2D eigenvalue weighted by Crippen LogP contribution is 2.20. The van der Waals surface area contributed by atoms with Gasteiger partial charge in [0.15, 0.2) is 5.76 Å². The maximum Gasteiger partial charge on any atom is 0.311 e. The number of hydrogen-bond donors (Lipinski definition) is 1. The molecule has 0 saturated heterocycles. The minimum atomic E-state index is -0.898. The zero-order chi connectivity index (χ0) is 9.26. The van der Waals surface area contributed by atoms with Gasteiger partial charge in [0.2, 0.25) is 0 Å². The van der Waals surface area contributed by atoms with Crippen LogP contribution in [0.1, 0.15) is 17.0 Å². The van der Waals surface area contributed by atoms with Gasteiger partial charge >= 0.3 is 5.97 Å². The fourth-order valence-electron chi connectivity index (χ4n) is 1.40. The summed E-state index contributed by atoms with van der Waals surface area (Å²) >= 11 is 0. The summed E-state index contributed by atoms with van der Waals surface area (Å²) in [6, 6.07) is 0. The lowest BCUT2D eigenvalue weighted by Crippen LogP contribution is -2.11. The number of ether oxygens (including phenoxy) is 1. The Morgan fingerprint density at radius 3 is 3.23 bits per heavy atom. The second-order valence-corrected chi connectivity index (χ2v) is 2.90. The van der Waals surface area contributed by atoms with Crippen LogP contribution in [0.3, 0.4) is 0 Å². The Balaban J connectivity index is 2.26. The molecule has 0 aliphatic carbocycles. The van der Waals surface area contributed by atoms with Gasteiger partial charge in [0.1, 0.15) is 12.1 Å². The Hall–Kier alpha value is -1.36. The molecule has 0 amide bonds. The van der Waals surface area contributed by atoms with E-state index in [9.17, 15) is 4.79 Å². The fraction of sp³-hybridized carbons (Fsp3) is 0.500. The summed E-state index contributed by atoms with van der Waals surface area (Å²) in [6.07, 6.45) is 0.601. The number of aromatic nitrogens is 1.